The van der Waals surface area contributed by atoms with Gasteiger partial charge in [0, 0.05) is 32.2 Å². The van der Waals surface area contributed by atoms with Gasteiger partial charge >= 0.3 is 0 Å². The molecular weight excluding hydrogens is 332 g/mol. The molecule has 8 heteroatoms. The van der Waals surface area contributed by atoms with Crippen molar-refractivity contribution >= 4 is 17.6 Å². The molecule has 8 nitrogen and oxygen atoms in total. The molecule has 1 saturated heterocycles. The molecule has 2 aromatic rings. The number of morpholine rings is 1. The molecule has 1 fully saturated rings. The molecule has 0 radical (unpaired) electrons. The molecule has 2 heterocycles. The Morgan fingerprint density at radius 3 is 2.46 bits per heavy atom. The molecule has 4 N–H and O–H groups in total. The van der Waals surface area contributed by atoms with E-state index in [4.69, 9.17) is 15.2 Å². The van der Waals surface area contributed by atoms with Crippen LogP contribution < -0.4 is 21.1 Å². The van der Waals surface area contributed by atoms with Crippen LogP contribution in [0.4, 0.5) is 17.6 Å². The van der Waals surface area contributed by atoms with Gasteiger partial charge in [-0.3, -0.25) is 4.90 Å². The number of rotatable bonds is 9. The molecule has 1 aromatic heterocycles. The monoisotopic (exact) mass is 358 g/mol. The minimum atomic E-state index is 0.243. The Morgan fingerprint density at radius 2 is 1.73 bits per heavy atom. The van der Waals surface area contributed by atoms with Crippen molar-refractivity contribution in [2.45, 2.75) is 0 Å². The second-order valence-electron chi connectivity index (χ2n) is 5.97. The van der Waals surface area contributed by atoms with E-state index in [1.54, 1.807) is 0 Å². The van der Waals surface area contributed by atoms with Gasteiger partial charge in [-0.15, -0.1) is 0 Å². The zero-order chi connectivity index (χ0) is 18.0. The third-order valence-corrected chi connectivity index (χ3v) is 4.00. The number of nitrogens with two attached hydrogens (primary N) is 1. The third-order valence-electron chi connectivity index (χ3n) is 4.00. The Kier molecular flexibility index (Phi) is 6.86. The van der Waals surface area contributed by atoms with E-state index >= 15 is 0 Å². The summed E-state index contributed by atoms with van der Waals surface area (Å²) in [4.78, 5) is 10.8. The van der Waals surface area contributed by atoms with Crippen LogP contribution >= 0.6 is 0 Å². The molecule has 0 saturated carbocycles. The number of para-hydroxylation sites is 1. The van der Waals surface area contributed by atoms with Crippen molar-refractivity contribution in [1.29, 1.82) is 0 Å². The van der Waals surface area contributed by atoms with Crippen molar-refractivity contribution in [2.24, 2.45) is 0 Å². The number of nitrogen functional groups attached to an aromatic ring is 1. The maximum Gasteiger partial charge on any atom is 0.223 e. The van der Waals surface area contributed by atoms with Crippen LogP contribution in [0, 0.1) is 0 Å². The fourth-order valence-electron chi connectivity index (χ4n) is 2.68. The predicted molar refractivity (Wildman–Crippen MR) is 103 cm³/mol. The van der Waals surface area contributed by atoms with Crippen molar-refractivity contribution in [2.75, 3.05) is 68.9 Å². The van der Waals surface area contributed by atoms with Crippen molar-refractivity contribution in [1.82, 2.24) is 14.9 Å². The van der Waals surface area contributed by atoms with Crippen LogP contribution in [0.1, 0.15) is 0 Å². The summed E-state index contributed by atoms with van der Waals surface area (Å²) in [6.07, 6.45) is 0. The summed E-state index contributed by atoms with van der Waals surface area (Å²) in [6, 6.07) is 11.6. The van der Waals surface area contributed by atoms with E-state index in [9.17, 15) is 0 Å². The maximum absolute atomic E-state index is 5.81. The minimum Gasteiger partial charge on any atom is -0.492 e. The molecule has 0 amide bonds. The van der Waals surface area contributed by atoms with Crippen molar-refractivity contribution in [3.8, 4) is 5.75 Å². The molecule has 1 aliphatic rings. The van der Waals surface area contributed by atoms with Crippen LogP contribution in [0.25, 0.3) is 0 Å². The number of aromatic nitrogens is 2. The highest BCUT2D eigenvalue weighted by Crippen LogP contribution is 2.13. The van der Waals surface area contributed by atoms with Crippen LogP contribution in [-0.4, -0.2) is 67.4 Å². The van der Waals surface area contributed by atoms with Gasteiger partial charge < -0.3 is 25.8 Å². The number of benzene rings is 1. The van der Waals surface area contributed by atoms with Gasteiger partial charge in [-0.1, -0.05) is 18.2 Å². The van der Waals surface area contributed by atoms with Crippen molar-refractivity contribution in [3.63, 3.8) is 0 Å². The minimum absolute atomic E-state index is 0.243. The Hall–Kier alpha value is -2.58. The SMILES string of the molecule is Nc1nc(NCCOc2ccccc2)cc(NCCN2CCOCC2)n1. The fourth-order valence-corrected chi connectivity index (χ4v) is 2.68. The number of nitrogens with zero attached hydrogens (tertiary/aromatic N) is 3. The first-order valence-corrected chi connectivity index (χ1v) is 8.90. The van der Waals surface area contributed by atoms with E-state index in [2.05, 4.69) is 25.5 Å². The number of hydrogen-bond donors (Lipinski definition) is 3. The molecule has 0 bridgehead atoms. The summed E-state index contributed by atoms with van der Waals surface area (Å²) in [6.45, 7) is 6.46. The van der Waals surface area contributed by atoms with E-state index in [0.717, 1.165) is 51.0 Å². The van der Waals surface area contributed by atoms with Crippen molar-refractivity contribution < 1.29 is 9.47 Å². The lowest BCUT2D eigenvalue weighted by Gasteiger charge is -2.26. The summed E-state index contributed by atoms with van der Waals surface area (Å²) >= 11 is 0. The normalized spacial score (nSPS) is 14.8. The lowest BCUT2D eigenvalue weighted by atomic mass is 10.3. The van der Waals surface area contributed by atoms with Gasteiger partial charge in [0.2, 0.25) is 5.95 Å². The zero-order valence-electron chi connectivity index (χ0n) is 14.9. The van der Waals surface area contributed by atoms with Crippen molar-refractivity contribution in [3.05, 3.63) is 36.4 Å². The van der Waals surface area contributed by atoms with Gasteiger partial charge in [0.05, 0.1) is 19.8 Å². The predicted octanol–water partition coefficient (Wildman–Crippen LogP) is 1.29. The quantitative estimate of drug-likeness (QED) is 0.577. The van der Waals surface area contributed by atoms with Gasteiger partial charge in [0.1, 0.15) is 24.0 Å². The van der Waals surface area contributed by atoms with E-state index < -0.39 is 0 Å². The second kappa shape index (κ2) is 9.79. The van der Waals surface area contributed by atoms with E-state index in [1.807, 2.05) is 36.4 Å². The average molecular weight is 358 g/mol. The average Bonchev–Trinajstić information content (AvgIpc) is 2.67. The van der Waals surface area contributed by atoms with Gasteiger partial charge in [0.15, 0.2) is 0 Å². The van der Waals surface area contributed by atoms with Crippen LogP contribution in [0.5, 0.6) is 5.75 Å². The summed E-state index contributed by atoms with van der Waals surface area (Å²) < 4.78 is 11.0. The molecule has 0 spiro atoms. The summed E-state index contributed by atoms with van der Waals surface area (Å²) in [5.41, 5.74) is 5.81. The highest BCUT2D eigenvalue weighted by atomic mass is 16.5. The molecule has 1 aromatic carbocycles. The number of ether oxygens (including phenoxy) is 2. The third kappa shape index (κ3) is 6.05. The summed E-state index contributed by atoms with van der Waals surface area (Å²) in [5, 5.41) is 6.52. The Balaban J connectivity index is 1.41. The molecule has 3 rings (SSSR count). The molecule has 0 aliphatic carbocycles. The molecular formula is C18H26N6O2. The van der Waals surface area contributed by atoms with Gasteiger partial charge in [-0.2, -0.15) is 9.97 Å². The maximum atomic E-state index is 5.81. The highest BCUT2D eigenvalue weighted by molar-refractivity contribution is 5.51. The number of anilines is 3. The Bertz CT molecular complexity index is 664. The first kappa shape index (κ1) is 18.2. The van der Waals surface area contributed by atoms with Crippen LogP contribution in [0.2, 0.25) is 0 Å². The highest BCUT2D eigenvalue weighted by Gasteiger charge is 2.09. The Labute approximate surface area is 153 Å². The standard InChI is InChI=1S/C18H26N6O2/c19-18-22-16(20-6-8-24-9-12-25-13-10-24)14-17(23-18)21-7-11-26-15-4-2-1-3-5-15/h1-5,14H,6-13H2,(H4,19,20,21,22,23). The van der Waals surface area contributed by atoms with Crippen LogP contribution in [0.15, 0.2) is 36.4 Å². The molecule has 1 aliphatic heterocycles. The molecule has 0 unspecified atom stereocenters. The smallest absolute Gasteiger partial charge is 0.223 e. The molecule has 26 heavy (non-hydrogen) atoms. The molecule has 0 atom stereocenters. The van der Waals surface area contributed by atoms with Gasteiger partial charge in [0.25, 0.3) is 0 Å². The lowest BCUT2D eigenvalue weighted by molar-refractivity contribution is 0.0398. The first-order chi connectivity index (χ1) is 12.8. The van der Waals surface area contributed by atoms with Crippen LogP contribution in [0.3, 0.4) is 0 Å². The second-order valence-corrected chi connectivity index (χ2v) is 5.97. The summed E-state index contributed by atoms with van der Waals surface area (Å²) in [7, 11) is 0. The largest absolute Gasteiger partial charge is 0.492 e. The Morgan fingerprint density at radius 1 is 1.04 bits per heavy atom. The first-order valence-electron chi connectivity index (χ1n) is 8.90. The van der Waals surface area contributed by atoms with Gasteiger partial charge in [-0.05, 0) is 12.1 Å². The van der Waals surface area contributed by atoms with E-state index in [1.165, 1.54) is 0 Å². The number of nitrogens with one attached hydrogen (secondary N) is 2. The topological polar surface area (TPSA) is 97.6 Å². The fraction of sp³-hybridized carbons (Fsp3) is 0.444. The zero-order valence-corrected chi connectivity index (χ0v) is 14.9. The summed E-state index contributed by atoms with van der Waals surface area (Å²) in [5.74, 6) is 2.50. The lowest BCUT2D eigenvalue weighted by Crippen LogP contribution is -2.39. The van der Waals surface area contributed by atoms with E-state index in [-0.39, 0.29) is 5.95 Å². The van der Waals surface area contributed by atoms with Gasteiger partial charge in [-0.25, -0.2) is 0 Å². The molecule has 140 valence electrons. The number of hydrogen-bond acceptors (Lipinski definition) is 8. The van der Waals surface area contributed by atoms with Crippen LogP contribution in [-0.2, 0) is 4.74 Å². The van der Waals surface area contributed by atoms with E-state index in [0.29, 0.717) is 19.0 Å².